The summed E-state index contributed by atoms with van der Waals surface area (Å²) in [4.78, 5) is 28.0. The molecule has 0 spiro atoms. The molecule has 0 unspecified atom stereocenters. The zero-order valence-corrected chi connectivity index (χ0v) is 17.3. The van der Waals surface area contributed by atoms with Crippen molar-refractivity contribution in [2.45, 2.75) is 31.7 Å². The van der Waals surface area contributed by atoms with Gasteiger partial charge in [-0.05, 0) is 12.8 Å². The van der Waals surface area contributed by atoms with Crippen LogP contribution in [0.4, 0.5) is 0 Å². The average molecular weight is 407 g/mol. The van der Waals surface area contributed by atoms with Crippen LogP contribution < -0.4 is 10.0 Å². The summed E-state index contributed by atoms with van der Waals surface area (Å²) in [6, 6.07) is 21.3. The zero-order chi connectivity index (χ0) is 20.9. The number of nitrogens with one attached hydrogen (secondary N) is 1. The summed E-state index contributed by atoms with van der Waals surface area (Å²) < 4.78 is 0. The molecule has 2 fully saturated rings. The van der Waals surface area contributed by atoms with E-state index in [-0.39, 0.29) is 11.9 Å². The smallest absolute Gasteiger partial charge is 0.226 e. The number of carboxylic acids is 1. The van der Waals surface area contributed by atoms with Crippen molar-refractivity contribution >= 4 is 11.9 Å². The Hall–Kier alpha value is -2.66. The van der Waals surface area contributed by atoms with Gasteiger partial charge in [0.05, 0.1) is 26.2 Å². The standard InChI is InChI=1S/C25H30N2O3/c28-24(21-13-7-8-14-22(21)25(29)30)27-17-15-26(16-18-27)23(19-9-3-1-4-10-19)20-11-5-2-6-12-20/h1-6,9-12,21-23H,7-8,13-18H2,(H,29,30)/t21-,22-/m1/s1. The topological polar surface area (TPSA) is 64.9 Å². The van der Waals surface area contributed by atoms with Gasteiger partial charge >= 0.3 is 0 Å². The Balaban J connectivity index is 1.47. The molecule has 1 saturated heterocycles. The molecule has 5 nitrogen and oxygen atoms in total. The summed E-state index contributed by atoms with van der Waals surface area (Å²) in [5.41, 5.74) is 2.56. The van der Waals surface area contributed by atoms with Crippen LogP contribution >= 0.6 is 0 Å². The van der Waals surface area contributed by atoms with E-state index in [9.17, 15) is 14.7 Å². The molecule has 2 aliphatic rings. The molecule has 4 rings (SSSR count). The van der Waals surface area contributed by atoms with Crippen LogP contribution in [0.1, 0.15) is 42.9 Å². The Bertz CT molecular complexity index is 808. The lowest BCUT2D eigenvalue weighted by atomic mass is 9.78. The number of piperazine rings is 1. The van der Waals surface area contributed by atoms with Gasteiger partial charge in [-0.3, -0.25) is 4.79 Å². The summed E-state index contributed by atoms with van der Waals surface area (Å²) in [5.74, 6) is -2.09. The van der Waals surface area contributed by atoms with Crippen molar-refractivity contribution in [3.05, 3.63) is 71.8 Å². The van der Waals surface area contributed by atoms with Crippen molar-refractivity contribution in [2.75, 3.05) is 26.2 Å². The molecule has 30 heavy (non-hydrogen) atoms. The summed E-state index contributed by atoms with van der Waals surface area (Å²) in [7, 11) is 0. The predicted octanol–water partition coefficient (Wildman–Crippen LogP) is 1.06. The monoisotopic (exact) mass is 406 g/mol. The summed E-state index contributed by atoms with van der Waals surface area (Å²) >= 11 is 0. The maximum absolute atomic E-state index is 13.1. The first-order valence-electron chi connectivity index (χ1n) is 11.1. The van der Waals surface area contributed by atoms with E-state index in [0.29, 0.717) is 25.9 Å². The molecule has 158 valence electrons. The third kappa shape index (κ3) is 4.41. The normalized spacial score (nSPS) is 22.8. The fraction of sp³-hybridized carbons (Fsp3) is 0.440. The van der Waals surface area contributed by atoms with Crippen LogP contribution in [0.25, 0.3) is 0 Å². The fourth-order valence-corrected chi connectivity index (χ4v) is 5.20. The van der Waals surface area contributed by atoms with Gasteiger partial charge < -0.3 is 19.7 Å². The first-order valence-corrected chi connectivity index (χ1v) is 11.1. The molecule has 1 aliphatic heterocycles. The average Bonchev–Trinajstić information content (AvgIpc) is 2.81. The Kier molecular flexibility index (Phi) is 6.48. The van der Waals surface area contributed by atoms with Crippen LogP contribution in [0, 0.1) is 11.8 Å². The summed E-state index contributed by atoms with van der Waals surface area (Å²) in [6.07, 6.45) is 3.03. The van der Waals surface area contributed by atoms with Gasteiger partial charge in [-0.25, -0.2) is 0 Å². The highest BCUT2D eigenvalue weighted by molar-refractivity contribution is 5.84. The largest absolute Gasteiger partial charge is 0.550 e. The Labute approximate surface area is 178 Å². The van der Waals surface area contributed by atoms with E-state index in [1.807, 2.05) is 17.0 Å². The van der Waals surface area contributed by atoms with E-state index in [4.69, 9.17) is 0 Å². The van der Waals surface area contributed by atoms with Gasteiger partial charge in [0.15, 0.2) is 0 Å². The highest BCUT2D eigenvalue weighted by atomic mass is 16.4. The molecule has 1 amide bonds. The SMILES string of the molecule is O=C([O-])[C@@H]1CCCC[C@H]1C(=O)N1CC[NH+](C(c2ccccc2)c2ccccc2)CC1. The number of rotatable bonds is 5. The van der Waals surface area contributed by atoms with Crippen molar-refractivity contribution < 1.29 is 19.6 Å². The molecule has 1 heterocycles. The van der Waals surface area contributed by atoms with E-state index in [1.54, 1.807) is 0 Å². The van der Waals surface area contributed by atoms with Crippen molar-refractivity contribution in [3.8, 4) is 0 Å². The van der Waals surface area contributed by atoms with E-state index >= 15 is 0 Å². The second kappa shape index (κ2) is 9.43. The van der Waals surface area contributed by atoms with Gasteiger partial charge in [0.25, 0.3) is 0 Å². The number of nitrogens with zero attached hydrogens (tertiary/aromatic N) is 1. The highest BCUT2D eigenvalue weighted by Crippen LogP contribution is 2.31. The summed E-state index contributed by atoms with van der Waals surface area (Å²) in [6.45, 7) is 3.03. The third-order valence-electron chi connectivity index (χ3n) is 6.78. The van der Waals surface area contributed by atoms with Gasteiger partial charge in [0, 0.05) is 28.9 Å². The Morgan fingerprint density at radius 3 is 1.83 bits per heavy atom. The van der Waals surface area contributed by atoms with E-state index in [1.165, 1.54) is 16.0 Å². The van der Waals surface area contributed by atoms with E-state index in [0.717, 1.165) is 25.9 Å². The molecule has 1 saturated carbocycles. The van der Waals surface area contributed by atoms with Gasteiger partial charge in [0.2, 0.25) is 5.91 Å². The minimum absolute atomic E-state index is 0.0129. The molecule has 2 atom stereocenters. The minimum atomic E-state index is -1.06. The molecule has 5 heteroatoms. The Morgan fingerprint density at radius 1 is 0.833 bits per heavy atom. The minimum Gasteiger partial charge on any atom is -0.550 e. The number of quaternary nitrogens is 1. The van der Waals surface area contributed by atoms with Gasteiger partial charge in [0.1, 0.15) is 6.04 Å². The molecule has 2 aromatic rings. The lowest BCUT2D eigenvalue weighted by Gasteiger charge is -2.40. The number of carbonyl (C=O) groups is 2. The van der Waals surface area contributed by atoms with Gasteiger partial charge in [-0.2, -0.15) is 0 Å². The Morgan fingerprint density at radius 2 is 1.33 bits per heavy atom. The van der Waals surface area contributed by atoms with Crippen LogP contribution in [-0.4, -0.2) is 43.0 Å². The molecular weight excluding hydrogens is 376 g/mol. The summed E-state index contributed by atoms with van der Waals surface area (Å²) in [5, 5.41) is 11.5. The lowest BCUT2D eigenvalue weighted by molar-refractivity contribution is -0.929. The van der Waals surface area contributed by atoms with Crippen molar-refractivity contribution in [1.82, 2.24) is 4.90 Å². The molecule has 0 radical (unpaired) electrons. The van der Waals surface area contributed by atoms with Crippen molar-refractivity contribution in [3.63, 3.8) is 0 Å². The molecular formula is C25H30N2O3. The number of hydrogen-bond acceptors (Lipinski definition) is 3. The molecule has 1 N–H and O–H groups in total. The second-order valence-corrected chi connectivity index (χ2v) is 8.55. The van der Waals surface area contributed by atoms with Gasteiger partial charge in [-0.1, -0.05) is 73.5 Å². The van der Waals surface area contributed by atoms with Crippen LogP contribution in [0.5, 0.6) is 0 Å². The van der Waals surface area contributed by atoms with E-state index in [2.05, 4.69) is 48.5 Å². The van der Waals surface area contributed by atoms with Crippen molar-refractivity contribution in [2.24, 2.45) is 11.8 Å². The first-order chi connectivity index (χ1) is 14.6. The van der Waals surface area contributed by atoms with Crippen LogP contribution in [-0.2, 0) is 9.59 Å². The van der Waals surface area contributed by atoms with Crippen LogP contribution in [0.3, 0.4) is 0 Å². The highest BCUT2D eigenvalue weighted by Gasteiger charge is 2.37. The molecule has 0 bridgehead atoms. The number of carboxylic acid groups (broad SMARTS) is 1. The first kappa shape index (κ1) is 20.6. The van der Waals surface area contributed by atoms with Crippen molar-refractivity contribution in [1.29, 1.82) is 0 Å². The third-order valence-corrected chi connectivity index (χ3v) is 6.78. The van der Waals surface area contributed by atoms with Gasteiger partial charge in [-0.15, -0.1) is 0 Å². The maximum Gasteiger partial charge on any atom is 0.226 e. The zero-order valence-electron chi connectivity index (χ0n) is 17.3. The molecule has 0 aromatic heterocycles. The lowest BCUT2D eigenvalue weighted by Crippen LogP contribution is -3.15. The number of benzene rings is 2. The number of aliphatic carboxylic acids is 1. The maximum atomic E-state index is 13.1. The fourth-order valence-electron chi connectivity index (χ4n) is 5.20. The number of carbonyl (C=O) groups excluding carboxylic acids is 2. The molecule has 1 aliphatic carbocycles. The number of hydrogen-bond donors (Lipinski definition) is 1. The molecule has 2 aromatic carbocycles. The second-order valence-electron chi connectivity index (χ2n) is 8.55. The quantitative estimate of drug-likeness (QED) is 0.808. The van der Waals surface area contributed by atoms with E-state index < -0.39 is 17.8 Å². The van der Waals surface area contributed by atoms with Crippen LogP contribution in [0.15, 0.2) is 60.7 Å². The predicted molar refractivity (Wildman–Crippen MR) is 112 cm³/mol. The van der Waals surface area contributed by atoms with Crippen LogP contribution in [0.2, 0.25) is 0 Å². The number of amides is 1.